The summed E-state index contributed by atoms with van der Waals surface area (Å²) in [5.74, 6) is 0.463. The standard InChI is InChI=1S/C14H15ClFN3/c1-3-12-13(15)17-9-18-14(12)19(4-2)11-7-5-6-10(16)8-11/h5-9H,3-4H2,1-2H3. The number of anilines is 2. The van der Waals surface area contributed by atoms with Gasteiger partial charge in [0, 0.05) is 17.8 Å². The summed E-state index contributed by atoms with van der Waals surface area (Å²) in [6, 6.07) is 6.44. The Bertz CT molecular complexity index is 574. The Hall–Kier alpha value is -1.68. The van der Waals surface area contributed by atoms with Crippen molar-refractivity contribution in [1.82, 2.24) is 9.97 Å². The van der Waals surface area contributed by atoms with Crippen molar-refractivity contribution in [2.45, 2.75) is 20.3 Å². The van der Waals surface area contributed by atoms with Gasteiger partial charge in [-0.2, -0.15) is 0 Å². The predicted octanol–water partition coefficient (Wildman–Crippen LogP) is 3.99. The molecule has 1 aromatic carbocycles. The molecule has 0 spiro atoms. The number of benzene rings is 1. The molecule has 0 atom stereocenters. The van der Waals surface area contributed by atoms with E-state index >= 15 is 0 Å². The molecule has 0 bridgehead atoms. The molecule has 2 aromatic rings. The Morgan fingerprint density at radius 2 is 2.05 bits per heavy atom. The normalized spacial score (nSPS) is 10.5. The molecule has 0 radical (unpaired) electrons. The number of hydrogen-bond donors (Lipinski definition) is 0. The van der Waals surface area contributed by atoms with E-state index in [4.69, 9.17) is 11.6 Å². The molecule has 0 unspecified atom stereocenters. The van der Waals surface area contributed by atoms with E-state index in [9.17, 15) is 4.39 Å². The maximum Gasteiger partial charge on any atom is 0.141 e. The van der Waals surface area contributed by atoms with Crippen LogP contribution in [0.3, 0.4) is 0 Å². The van der Waals surface area contributed by atoms with E-state index < -0.39 is 0 Å². The van der Waals surface area contributed by atoms with Gasteiger partial charge in [0.25, 0.3) is 0 Å². The lowest BCUT2D eigenvalue weighted by molar-refractivity contribution is 0.627. The van der Waals surface area contributed by atoms with Crippen LogP contribution in [0.4, 0.5) is 15.9 Å². The third-order valence-electron chi connectivity index (χ3n) is 2.92. The molecule has 0 amide bonds. The van der Waals surface area contributed by atoms with Crippen LogP contribution < -0.4 is 4.90 Å². The monoisotopic (exact) mass is 279 g/mol. The van der Waals surface area contributed by atoms with Gasteiger partial charge in [-0.3, -0.25) is 0 Å². The summed E-state index contributed by atoms with van der Waals surface area (Å²) >= 11 is 6.10. The average Bonchev–Trinajstić information content (AvgIpc) is 2.40. The fourth-order valence-corrected chi connectivity index (χ4v) is 2.28. The number of aromatic nitrogens is 2. The summed E-state index contributed by atoms with van der Waals surface area (Å²) < 4.78 is 13.4. The van der Waals surface area contributed by atoms with Gasteiger partial charge in [0.2, 0.25) is 0 Å². The van der Waals surface area contributed by atoms with Crippen molar-refractivity contribution in [3.63, 3.8) is 0 Å². The van der Waals surface area contributed by atoms with Gasteiger partial charge < -0.3 is 4.90 Å². The summed E-state index contributed by atoms with van der Waals surface area (Å²) in [7, 11) is 0. The fraction of sp³-hybridized carbons (Fsp3) is 0.286. The van der Waals surface area contributed by atoms with Crippen molar-refractivity contribution >= 4 is 23.1 Å². The first-order valence-corrected chi connectivity index (χ1v) is 6.57. The number of rotatable bonds is 4. The molecule has 1 heterocycles. The van der Waals surface area contributed by atoms with E-state index in [0.717, 1.165) is 23.5 Å². The Balaban J connectivity index is 2.51. The molecule has 0 aliphatic heterocycles. The van der Waals surface area contributed by atoms with E-state index in [1.807, 2.05) is 24.8 Å². The zero-order chi connectivity index (χ0) is 13.8. The molecule has 0 aliphatic carbocycles. The first-order chi connectivity index (χ1) is 9.17. The average molecular weight is 280 g/mol. The maximum absolute atomic E-state index is 13.4. The second kappa shape index (κ2) is 5.97. The van der Waals surface area contributed by atoms with Gasteiger partial charge in [-0.05, 0) is 31.5 Å². The van der Waals surface area contributed by atoms with Crippen LogP contribution in [0.2, 0.25) is 5.15 Å². The zero-order valence-electron chi connectivity index (χ0n) is 10.9. The lowest BCUT2D eigenvalue weighted by atomic mass is 10.2. The van der Waals surface area contributed by atoms with Gasteiger partial charge in [0.15, 0.2) is 0 Å². The minimum absolute atomic E-state index is 0.269. The van der Waals surface area contributed by atoms with Crippen LogP contribution in [0.5, 0.6) is 0 Å². The van der Waals surface area contributed by atoms with Crippen LogP contribution in [0.1, 0.15) is 19.4 Å². The summed E-state index contributed by atoms with van der Waals surface area (Å²) in [5.41, 5.74) is 1.63. The molecule has 19 heavy (non-hydrogen) atoms. The second-order valence-corrected chi connectivity index (χ2v) is 4.40. The lowest BCUT2D eigenvalue weighted by Crippen LogP contribution is -2.19. The minimum Gasteiger partial charge on any atom is -0.326 e. The molecular formula is C14H15ClFN3. The van der Waals surface area contributed by atoms with Crippen molar-refractivity contribution < 1.29 is 4.39 Å². The predicted molar refractivity (Wildman–Crippen MR) is 75.5 cm³/mol. The highest BCUT2D eigenvalue weighted by atomic mass is 35.5. The van der Waals surface area contributed by atoms with Gasteiger partial charge in [-0.1, -0.05) is 24.6 Å². The van der Waals surface area contributed by atoms with Crippen LogP contribution in [0.25, 0.3) is 0 Å². The van der Waals surface area contributed by atoms with Gasteiger partial charge in [0.05, 0.1) is 0 Å². The third kappa shape index (κ3) is 2.84. The summed E-state index contributed by atoms with van der Waals surface area (Å²) in [4.78, 5) is 10.2. The van der Waals surface area contributed by atoms with E-state index in [-0.39, 0.29) is 5.82 Å². The fourth-order valence-electron chi connectivity index (χ4n) is 2.02. The summed E-state index contributed by atoms with van der Waals surface area (Å²) in [6.07, 6.45) is 2.15. The van der Waals surface area contributed by atoms with Crippen LogP contribution in [0.15, 0.2) is 30.6 Å². The van der Waals surface area contributed by atoms with Crippen LogP contribution in [-0.2, 0) is 6.42 Å². The number of halogens is 2. The zero-order valence-corrected chi connectivity index (χ0v) is 11.7. The molecule has 0 N–H and O–H groups in total. The van der Waals surface area contributed by atoms with Crippen molar-refractivity contribution in [3.8, 4) is 0 Å². The van der Waals surface area contributed by atoms with E-state index in [1.165, 1.54) is 18.5 Å². The third-order valence-corrected chi connectivity index (χ3v) is 3.24. The van der Waals surface area contributed by atoms with Crippen molar-refractivity contribution in [3.05, 3.63) is 47.1 Å². The van der Waals surface area contributed by atoms with E-state index in [2.05, 4.69) is 9.97 Å². The molecule has 0 aliphatic rings. The van der Waals surface area contributed by atoms with Crippen molar-refractivity contribution in [1.29, 1.82) is 0 Å². The highest BCUT2D eigenvalue weighted by molar-refractivity contribution is 6.30. The van der Waals surface area contributed by atoms with Crippen molar-refractivity contribution in [2.24, 2.45) is 0 Å². The summed E-state index contributed by atoms with van der Waals surface area (Å²) in [5, 5.41) is 0.447. The van der Waals surface area contributed by atoms with Gasteiger partial charge in [-0.15, -0.1) is 0 Å². The van der Waals surface area contributed by atoms with Gasteiger partial charge in [-0.25, -0.2) is 14.4 Å². The molecule has 0 saturated heterocycles. The number of hydrogen-bond acceptors (Lipinski definition) is 3. The van der Waals surface area contributed by atoms with Gasteiger partial charge >= 0.3 is 0 Å². The van der Waals surface area contributed by atoms with E-state index in [1.54, 1.807) is 6.07 Å². The maximum atomic E-state index is 13.4. The van der Waals surface area contributed by atoms with Crippen LogP contribution in [0, 0.1) is 5.82 Å². The summed E-state index contributed by atoms with van der Waals surface area (Å²) in [6.45, 7) is 4.65. The molecule has 5 heteroatoms. The molecule has 0 saturated carbocycles. The second-order valence-electron chi connectivity index (χ2n) is 4.04. The quantitative estimate of drug-likeness (QED) is 0.793. The largest absolute Gasteiger partial charge is 0.326 e. The molecule has 100 valence electrons. The smallest absolute Gasteiger partial charge is 0.141 e. The first kappa shape index (κ1) is 13.7. The highest BCUT2D eigenvalue weighted by Crippen LogP contribution is 2.29. The Kier molecular flexibility index (Phi) is 4.32. The van der Waals surface area contributed by atoms with Crippen LogP contribution >= 0.6 is 11.6 Å². The van der Waals surface area contributed by atoms with Crippen LogP contribution in [-0.4, -0.2) is 16.5 Å². The highest BCUT2D eigenvalue weighted by Gasteiger charge is 2.15. The lowest BCUT2D eigenvalue weighted by Gasteiger charge is -2.24. The SMILES string of the molecule is CCc1c(Cl)ncnc1N(CC)c1cccc(F)c1. The number of nitrogens with zero attached hydrogens (tertiary/aromatic N) is 3. The van der Waals surface area contributed by atoms with Crippen molar-refractivity contribution in [2.75, 3.05) is 11.4 Å². The van der Waals surface area contributed by atoms with Gasteiger partial charge in [0.1, 0.15) is 23.1 Å². The first-order valence-electron chi connectivity index (χ1n) is 6.19. The Morgan fingerprint density at radius 1 is 1.26 bits per heavy atom. The molecule has 1 aromatic heterocycles. The molecule has 3 nitrogen and oxygen atoms in total. The minimum atomic E-state index is -0.269. The molecule has 2 rings (SSSR count). The van der Waals surface area contributed by atoms with E-state index in [0.29, 0.717) is 11.7 Å². The molecule has 0 fully saturated rings. The molecular weight excluding hydrogens is 265 g/mol. The topological polar surface area (TPSA) is 29.0 Å². The Morgan fingerprint density at radius 3 is 2.68 bits per heavy atom. The Labute approximate surface area is 117 Å².